The van der Waals surface area contributed by atoms with Gasteiger partial charge in [0.25, 0.3) is 17.1 Å². The summed E-state index contributed by atoms with van der Waals surface area (Å²) < 4.78 is 11.5. The zero-order chi connectivity index (χ0) is 30.2. The number of benzene rings is 3. The van der Waals surface area contributed by atoms with Gasteiger partial charge >= 0.3 is 0 Å². The molecule has 4 rings (SSSR count). The van der Waals surface area contributed by atoms with Gasteiger partial charge < -0.3 is 20.1 Å². The summed E-state index contributed by atoms with van der Waals surface area (Å²) in [4.78, 5) is 51.8. The lowest BCUT2D eigenvalue weighted by molar-refractivity contribution is -0.127. The molecule has 3 aromatic rings. The zero-order valence-corrected chi connectivity index (χ0v) is 24.7. The van der Waals surface area contributed by atoms with Gasteiger partial charge in [-0.3, -0.25) is 24.1 Å². The number of rotatable bonds is 11. The van der Waals surface area contributed by atoms with Gasteiger partial charge in [0.1, 0.15) is 6.54 Å². The number of hydrogen-bond donors (Lipinski definition) is 2. The van der Waals surface area contributed by atoms with Crippen molar-refractivity contribution in [2.75, 3.05) is 30.4 Å². The molecule has 0 unspecified atom stereocenters. The summed E-state index contributed by atoms with van der Waals surface area (Å²) in [7, 11) is 0. The second kappa shape index (κ2) is 13.9. The van der Waals surface area contributed by atoms with E-state index in [1.165, 1.54) is 0 Å². The van der Waals surface area contributed by atoms with Crippen molar-refractivity contribution in [2.24, 2.45) is 0 Å². The molecule has 4 amide bonds. The van der Waals surface area contributed by atoms with Gasteiger partial charge in [-0.2, -0.15) is 0 Å². The van der Waals surface area contributed by atoms with Crippen LogP contribution < -0.4 is 20.1 Å². The number of carbonyl (C=O) groups excluding carboxylic acids is 4. The second-order valence-corrected chi connectivity index (χ2v) is 10.9. The van der Waals surface area contributed by atoms with Crippen molar-refractivity contribution in [2.45, 2.75) is 33.6 Å². The highest BCUT2D eigenvalue weighted by atomic mass is 32.2. The first-order valence-electron chi connectivity index (χ1n) is 13.5. The van der Waals surface area contributed by atoms with Crippen LogP contribution in [0.5, 0.6) is 11.5 Å². The van der Waals surface area contributed by atoms with Crippen LogP contribution in [-0.4, -0.2) is 47.6 Å². The summed E-state index contributed by atoms with van der Waals surface area (Å²) >= 11 is 0.762. The normalized spacial score (nSPS) is 13.9. The summed E-state index contributed by atoms with van der Waals surface area (Å²) in [5, 5.41) is 5.08. The van der Waals surface area contributed by atoms with Crippen molar-refractivity contribution in [3.8, 4) is 11.5 Å². The lowest BCUT2D eigenvalue weighted by Crippen LogP contribution is -2.36. The van der Waals surface area contributed by atoms with Crippen LogP contribution in [0, 0.1) is 6.92 Å². The fourth-order valence-electron chi connectivity index (χ4n) is 4.30. The Morgan fingerprint density at radius 1 is 0.929 bits per heavy atom. The smallest absolute Gasteiger partial charge is 0.294 e. The molecular weight excluding hydrogens is 554 g/mol. The van der Waals surface area contributed by atoms with Crippen molar-refractivity contribution in [1.82, 2.24) is 4.90 Å². The lowest BCUT2D eigenvalue weighted by Gasteiger charge is -2.15. The summed E-state index contributed by atoms with van der Waals surface area (Å²) in [6, 6.07) is 19.9. The topological polar surface area (TPSA) is 114 Å². The molecule has 2 N–H and O–H groups in total. The van der Waals surface area contributed by atoms with Gasteiger partial charge in [0.15, 0.2) is 18.1 Å². The Kier molecular flexibility index (Phi) is 10.0. The molecule has 1 heterocycles. The van der Waals surface area contributed by atoms with Crippen molar-refractivity contribution in [3.63, 3.8) is 0 Å². The quantitative estimate of drug-likeness (QED) is 0.256. The first-order valence-corrected chi connectivity index (χ1v) is 14.4. The first-order chi connectivity index (χ1) is 20.1. The maximum atomic E-state index is 13.0. The van der Waals surface area contributed by atoms with Crippen LogP contribution in [0.3, 0.4) is 0 Å². The van der Waals surface area contributed by atoms with Crippen molar-refractivity contribution in [3.05, 3.63) is 88.3 Å². The Balaban J connectivity index is 1.41. The molecule has 0 aromatic heterocycles. The molecule has 0 saturated carbocycles. The summed E-state index contributed by atoms with van der Waals surface area (Å²) in [6.45, 7) is 7.56. The molecule has 42 heavy (non-hydrogen) atoms. The highest BCUT2D eigenvalue weighted by molar-refractivity contribution is 8.18. The Bertz CT molecular complexity index is 1530. The van der Waals surface area contributed by atoms with E-state index in [2.05, 4.69) is 24.5 Å². The summed E-state index contributed by atoms with van der Waals surface area (Å²) in [6.07, 6.45) is 1.56. The molecule has 10 heteroatoms. The van der Waals surface area contributed by atoms with Crippen molar-refractivity contribution >= 4 is 52.2 Å². The molecule has 0 atom stereocenters. The highest BCUT2D eigenvalue weighted by Crippen LogP contribution is 2.35. The first kappa shape index (κ1) is 30.4. The number of imide groups is 1. The number of aryl methyl sites for hydroxylation is 1. The van der Waals surface area contributed by atoms with Crippen LogP contribution in [0.1, 0.15) is 43.4 Å². The molecule has 1 aliphatic rings. The predicted molar refractivity (Wildman–Crippen MR) is 165 cm³/mol. The third-order valence-corrected chi connectivity index (χ3v) is 7.17. The average Bonchev–Trinajstić information content (AvgIpc) is 3.20. The number of para-hydroxylation sites is 1. The maximum Gasteiger partial charge on any atom is 0.294 e. The van der Waals surface area contributed by atoms with E-state index in [9.17, 15) is 19.2 Å². The van der Waals surface area contributed by atoms with E-state index in [1.54, 1.807) is 36.4 Å². The van der Waals surface area contributed by atoms with E-state index in [1.807, 2.05) is 50.2 Å². The number of amides is 4. The number of carbonyl (C=O) groups is 4. The molecule has 3 aromatic carbocycles. The lowest BCUT2D eigenvalue weighted by atomic mass is 10.0. The molecule has 1 saturated heterocycles. The van der Waals surface area contributed by atoms with Gasteiger partial charge in [-0.25, -0.2) is 0 Å². The average molecular weight is 588 g/mol. The van der Waals surface area contributed by atoms with Crippen LogP contribution in [0.25, 0.3) is 6.08 Å². The molecule has 9 nitrogen and oxygen atoms in total. The minimum atomic E-state index is -0.555. The monoisotopic (exact) mass is 587 g/mol. The number of thioether (sulfide) groups is 1. The standard InChI is InChI=1S/C32H33N3O6S/c1-5-40-27-16-22(13-14-26(27)41-19-30(37)34-25-12-7-6-11-24(25)20(2)3)17-28-31(38)35(32(39)42-28)18-29(36)33-23-10-8-9-21(4)15-23/h6-17,20H,5,18-19H2,1-4H3,(H,33,36)(H,34,37)/b28-17+. The Morgan fingerprint density at radius 2 is 1.71 bits per heavy atom. The zero-order valence-electron chi connectivity index (χ0n) is 23.9. The Hall–Kier alpha value is -4.57. The summed E-state index contributed by atoms with van der Waals surface area (Å²) in [5.41, 5.74) is 3.92. The van der Waals surface area contributed by atoms with E-state index in [0.29, 0.717) is 29.4 Å². The van der Waals surface area contributed by atoms with E-state index in [-0.39, 0.29) is 23.3 Å². The molecular formula is C32H33N3O6S. The fourth-order valence-corrected chi connectivity index (χ4v) is 5.14. The van der Waals surface area contributed by atoms with Crippen LogP contribution in [0.4, 0.5) is 16.2 Å². The minimum absolute atomic E-state index is 0.183. The maximum absolute atomic E-state index is 13.0. The molecule has 1 fully saturated rings. The van der Waals surface area contributed by atoms with E-state index < -0.39 is 23.6 Å². The number of nitrogens with one attached hydrogen (secondary N) is 2. The van der Waals surface area contributed by atoms with Gasteiger partial charge in [-0.1, -0.05) is 50.2 Å². The third-order valence-electron chi connectivity index (χ3n) is 6.26. The van der Waals surface area contributed by atoms with Crippen LogP contribution >= 0.6 is 11.8 Å². The van der Waals surface area contributed by atoms with Crippen LogP contribution in [-0.2, 0) is 14.4 Å². The largest absolute Gasteiger partial charge is 0.490 e. The SMILES string of the molecule is CCOc1cc(/C=C2/SC(=O)N(CC(=O)Nc3cccc(C)c3)C2=O)ccc1OCC(=O)Nc1ccccc1C(C)C. The second-order valence-electron chi connectivity index (χ2n) is 9.90. The van der Waals surface area contributed by atoms with Gasteiger partial charge in [-0.15, -0.1) is 0 Å². The van der Waals surface area contributed by atoms with Crippen LogP contribution in [0.15, 0.2) is 71.6 Å². The molecule has 0 spiro atoms. The minimum Gasteiger partial charge on any atom is -0.490 e. The van der Waals surface area contributed by atoms with Crippen molar-refractivity contribution in [1.29, 1.82) is 0 Å². The molecule has 218 valence electrons. The Labute approximate surface area is 249 Å². The fraction of sp³-hybridized carbons (Fsp3) is 0.250. The van der Waals surface area contributed by atoms with Gasteiger partial charge in [0, 0.05) is 11.4 Å². The van der Waals surface area contributed by atoms with E-state index in [0.717, 1.165) is 33.5 Å². The Morgan fingerprint density at radius 3 is 2.45 bits per heavy atom. The third kappa shape index (κ3) is 7.79. The number of hydrogen-bond acceptors (Lipinski definition) is 7. The molecule has 0 bridgehead atoms. The summed E-state index contributed by atoms with van der Waals surface area (Å²) in [5.74, 6) is -0.339. The number of nitrogens with zero attached hydrogens (tertiary/aromatic N) is 1. The van der Waals surface area contributed by atoms with Crippen molar-refractivity contribution < 1.29 is 28.7 Å². The molecule has 0 aliphatic carbocycles. The highest BCUT2D eigenvalue weighted by Gasteiger charge is 2.36. The molecule has 1 aliphatic heterocycles. The number of ether oxygens (including phenoxy) is 2. The van der Waals surface area contributed by atoms with Gasteiger partial charge in [0.05, 0.1) is 11.5 Å². The predicted octanol–water partition coefficient (Wildman–Crippen LogP) is 6.21. The molecule has 0 radical (unpaired) electrons. The van der Waals surface area contributed by atoms with Gasteiger partial charge in [-0.05, 0) is 84.6 Å². The van der Waals surface area contributed by atoms with E-state index >= 15 is 0 Å². The van der Waals surface area contributed by atoms with Gasteiger partial charge in [0.2, 0.25) is 5.91 Å². The van der Waals surface area contributed by atoms with Crippen LogP contribution in [0.2, 0.25) is 0 Å². The number of anilines is 2. The van der Waals surface area contributed by atoms with E-state index in [4.69, 9.17) is 9.47 Å².